The van der Waals surface area contributed by atoms with E-state index in [1.54, 1.807) is 24.0 Å². The lowest BCUT2D eigenvalue weighted by Crippen LogP contribution is -2.30. The number of hydrogen-bond acceptors (Lipinski definition) is 7. The Morgan fingerprint density at radius 2 is 2.07 bits per heavy atom. The van der Waals surface area contributed by atoms with Gasteiger partial charge in [0.1, 0.15) is 5.75 Å². The molecule has 8 nitrogen and oxygen atoms in total. The number of methoxy groups -OCH3 is 1. The van der Waals surface area contributed by atoms with Gasteiger partial charge in [0.25, 0.3) is 0 Å². The summed E-state index contributed by atoms with van der Waals surface area (Å²) in [4.78, 5) is 42.8. The first-order valence-electron chi connectivity index (χ1n) is 8.79. The first-order chi connectivity index (χ1) is 13.4. The standard InChI is InChI=1S/C19H21N3O5S/c1-11-16(18(26)27-2)20-19(28-11)21-17(25)13-9-15(24)22(10-13)8-7-12-3-5-14(23)6-4-12/h3-6,13,23H,7-10H2,1-2H3,(H,20,21,25)/t13-/m0/s1. The van der Waals surface area contributed by atoms with Crippen LogP contribution in [0.1, 0.15) is 27.3 Å². The maximum Gasteiger partial charge on any atom is 0.357 e. The number of aryl methyl sites for hydroxylation is 1. The number of ether oxygens (including phenoxy) is 1. The van der Waals surface area contributed by atoms with Gasteiger partial charge >= 0.3 is 5.97 Å². The summed E-state index contributed by atoms with van der Waals surface area (Å²) in [5, 5.41) is 12.3. The van der Waals surface area contributed by atoms with Crippen LogP contribution < -0.4 is 5.32 Å². The molecular formula is C19H21N3O5S. The quantitative estimate of drug-likeness (QED) is 0.714. The van der Waals surface area contributed by atoms with Crippen LogP contribution in [0.3, 0.4) is 0 Å². The molecule has 0 spiro atoms. The number of nitrogens with zero attached hydrogens (tertiary/aromatic N) is 2. The lowest BCUT2D eigenvalue weighted by Gasteiger charge is -2.16. The van der Waals surface area contributed by atoms with Crippen molar-refractivity contribution in [1.29, 1.82) is 0 Å². The summed E-state index contributed by atoms with van der Waals surface area (Å²) in [7, 11) is 1.27. The van der Waals surface area contributed by atoms with Crippen LogP contribution >= 0.6 is 11.3 Å². The lowest BCUT2D eigenvalue weighted by molar-refractivity contribution is -0.128. The molecule has 1 aromatic carbocycles. The first kappa shape index (κ1) is 19.8. The number of benzene rings is 1. The highest BCUT2D eigenvalue weighted by Gasteiger charge is 2.34. The zero-order chi connectivity index (χ0) is 20.3. The molecule has 1 aliphatic heterocycles. The van der Waals surface area contributed by atoms with Crippen molar-refractivity contribution in [3.05, 3.63) is 40.4 Å². The van der Waals surface area contributed by atoms with Gasteiger partial charge in [0.05, 0.1) is 13.0 Å². The number of carbonyl (C=O) groups excluding carboxylic acids is 3. The smallest absolute Gasteiger partial charge is 0.357 e. The number of nitrogens with one attached hydrogen (secondary N) is 1. The van der Waals surface area contributed by atoms with Crippen molar-refractivity contribution in [3.63, 3.8) is 0 Å². The molecule has 9 heteroatoms. The van der Waals surface area contributed by atoms with Crippen LogP contribution in [0.15, 0.2) is 24.3 Å². The molecule has 2 N–H and O–H groups in total. The van der Waals surface area contributed by atoms with Crippen LogP contribution in [0.4, 0.5) is 5.13 Å². The summed E-state index contributed by atoms with van der Waals surface area (Å²) in [5.74, 6) is -1.16. The molecule has 0 aliphatic carbocycles. The Balaban J connectivity index is 1.56. The number of phenols is 1. The van der Waals surface area contributed by atoms with Gasteiger partial charge in [-0.3, -0.25) is 9.59 Å². The van der Waals surface area contributed by atoms with Crippen LogP contribution in [-0.2, 0) is 20.7 Å². The molecule has 148 valence electrons. The molecule has 1 aliphatic rings. The number of anilines is 1. The predicted octanol–water partition coefficient (Wildman–Crippen LogP) is 1.97. The fourth-order valence-corrected chi connectivity index (χ4v) is 3.84. The molecule has 2 heterocycles. The molecule has 0 radical (unpaired) electrons. The number of thiazole rings is 1. The monoisotopic (exact) mass is 403 g/mol. The van der Waals surface area contributed by atoms with E-state index >= 15 is 0 Å². The number of amides is 2. The number of hydrogen-bond donors (Lipinski definition) is 2. The molecule has 1 fully saturated rings. The Labute approximate surface area is 166 Å². The fraction of sp³-hybridized carbons (Fsp3) is 0.368. The van der Waals surface area contributed by atoms with Crippen LogP contribution in [0, 0.1) is 12.8 Å². The number of phenolic OH excluding ortho intramolecular Hbond substituents is 1. The van der Waals surface area contributed by atoms with Crippen LogP contribution in [0.5, 0.6) is 5.75 Å². The Bertz CT molecular complexity index is 893. The highest BCUT2D eigenvalue weighted by molar-refractivity contribution is 7.16. The minimum atomic E-state index is -0.550. The van der Waals surface area contributed by atoms with Crippen molar-refractivity contribution >= 4 is 34.3 Å². The van der Waals surface area contributed by atoms with E-state index < -0.39 is 11.9 Å². The van der Waals surface area contributed by atoms with E-state index in [2.05, 4.69) is 15.0 Å². The third-order valence-electron chi connectivity index (χ3n) is 4.60. The van der Waals surface area contributed by atoms with E-state index in [4.69, 9.17) is 0 Å². The van der Waals surface area contributed by atoms with Crippen LogP contribution in [0.2, 0.25) is 0 Å². The molecule has 0 saturated carbocycles. The molecule has 2 amide bonds. The molecular weight excluding hydrogens is 382 g/mol. The molecule has 0 bridgehead atoms. The SMILES string of the molecule is COC(=O)c1nc(NC(=O)[C@H]2CC(=O)N(CCc3ccc(O)cc3)C2)sc1C. The summed E-state index contributed by atoms with van der Waals surface area (Å²) >= 11 is 1.19. The summed E-state index contributed by atoms with van der Waals surface area (Å²) < 4.78 is 4.66. The number of likely N-dealkylation sites (tertiary alicyclic amines) is 1. The summed E-state index contributed by atoms with van der Waals surface area (Å²) in [6.07, 6.45) is 0.796. The van der Waals surface area contributed by atoms with Gasteiger partial charge in [0, 0.05) is 24.4 Å². The van der Waals surface area contributed by atoms with E-state index in [1.165, 1.54) is 18.4 Å². The largest absolute Gasteiger partial charge is 0.508 e. The lowest BCUT2D eigenvalue weighted by atomic mass is 10.1. The zero-order valence-corrected chi connectivity index (χ0v) is 16.4. The minimum absolute atomic E-state index is 0.0653. The second kappa shape index (κ2) is 8.39. The number of aromatic nitrogens is 1. The Kier molecular flexibility index (Phi) is 5.93. The van der Waals surface area contributed by atoms with Crippen molar-refractivity contribution in [3.8, 4) is 5.75 Å². The number of aromatic hydroxyl groups is 1. The summed E-state index contributed by atoms with van der Waals surface area (Å²) in [6.45, 7) is 2.58. The van der Waals surface area contributed by atoms with Gasteiger partial charge in [-0.2, -0.15) is 0 Å². The predicted molar refractivity (Wildman–Crippen MR) is 103 cm³/mol. The van der Waals surface area contributed by atoms with Gasteiger partial charge in [-0.25, -0.2) is 9.78 Å². The Morgan fingerprint density at radius 1 is 1.36 bits per heavy atom. The van der Waals surface area contributed by atoms with Crippen molar-refractivity contribution in [2.45, 2.75) is 19.8 Å². The molecule has 3 rings (SSSR count). The molecule has 1 saturated heterocycles. The number of rotatable bonds is 6. The normalized spacial score (nSPS) is 16.3. The number of esters is 1. The van der Waals surface area contributed by atoms with Gasteiger partial charge in [0.15, 0.2) is 10.8 Å². The van der Waals surface area contributed by atoms with Gasteiger partial charge in [0.2, 0.25) is 11.8 Å². The molecule has 2 aromatic rings. The van der Waals surface area contributed by atoms with E-state index in [1.807, 2.05) is 12.1 Å². The van der Waals surface area contributed by atoms with Crippen molar-refractivity contribution < 1.29 is 24.2 Å². The molecule has 28 heavy (non-hydrogen) atoms. The van der Waals surface area contributed by atoms with E-state index in [0.29, 0.717) is 29.5 Å². The zero-order valence-electron chi connectivity index (χ0n) is 15.6. The summed E-state index contributed by atoms with van der Waals surface area (Å²) in [5.41, 5.74) is 1.19. The Morgan fingerprint density at radius 3 is 2.75 bits per heavy atom. The number of carbonyl (C=O) groups is 3. The highest BCUT2D eigenvalue weighted by atomic mass is 32.1. The summed E-state index contributed by atoms with van der Waals surface area (Å²) in [6, 6.07) is 6.83. The molecule has 0 unspecified atom stereocenters. The fourth-order valence-electron chi connectivity index (χ4n) is 3.03. The minimum Gasteiger partial charge on any atom is -0.508 e. The van der Waals surface area contributed by atoms with E-state index in [-0.39, 0.29) is 29.7 Å². The highest BCUT2D eigenvalue weighted by Crippen LogP contribution is 2.25. The van der Waals surface area contributed by atoms with E-state index in [9.17, 15) is 19.5 Å². The van der Waals surface area contributed by atoms with Gasteiger partial charge in [-0.1, -0.05) is 12.1 Å². The second-order valence-corrected chi connectivity index (χ2v) is 7.77. The maximum absolute atomic E-state index is 12.5. The van der Waals surface area contributed by atoms with Crippen molar-refractivity contribution in [1.82, 2.24) is 9.88 Å². The topological polar surface area (TPSA) is 109 Å². The molecule has 1 aromatic heterocycles. The maximum atomic E-state index is 12.5. The van der Waals surface area contributed by atoms with Crippen molar-refractivity contribution in [2.24, 2.45) is 5.92 Å². The van der Waals surface area contributed by atoms with Crippen molar-refractivity contribution in [2.75, 3.05) is 25.5 Å². The first-order valence-corrected chi connectivity index (χ1v) is 9.61. The van der Waals surface area contributed by atoms with Crippen LogP contribution in [0.25, 0.3) is 0 Å². The van der Waals surface area contributed by atoms with Crippen LogP contribution in [-0.4, -0.2) is 53.0 Å². The average Bonchev–Trinajstić information content (AvgIpc) is 3.23. The molecule has 1 atom stereocenters. The van der Waals surface area contributed by atoms with Gasteiger partial charge in [-0.05, 0) is 31.0 Å². The third-order valence-corrected chi connectivity index (χ3v) is 5.48. The van der Waals surface area contributed by atoms with Gasteiger partial charge < -0.3 is 20.1 Å². The third kappa shape index (κ3) is 4.48. The average molecular weight is 403 g/mol. The van der Waals surface area contributed by atoms with E-state index in [0.717, 1.165) is 5.56 Å². The van der Waals surface area contributed by atoms with Gasteiger partial charge in [-0.15, -0.1) is 11.3 Å². The Hall–Kier alpha value is -2.94. The second-order valence-electron chi connectivity index (χ2n) is 6.56.